The Morgan fingerprint density at radius 3 is 2.65 bits per heavy atom. The van der Waals surface area contributed by atoms with Gasteiger partial charge in [0.1, 0.15) is 0 Å². The summed E-state index contributed by atoms with van der Waals surface area (Å²) in [5.41, 5.74) is 2.22. The predicted molar refractivity (Wildman–Crippen MR) is 105 cm³/mol. The Labute approximate surface area is 158 Å². The van der Waals surface area contributed by atoms with Crippen LogP contribution in [0.25, 0.3) is 0 Å². The number of nitrogens with one attached hydrogen (secondary N) is 1. The van der Waals surface area contributed by atoms with Gasteiger partial charge >= 0.3 is 0 Å². The van der Waals surface area contributed by atoms with Crippen LogP contribution < -0.4 is 5.32 Å². The molecule has 0 spiro atoms. The average Bonchev–Trinajstić information content (AvgIpc) is 2.62. The summed E-state index contributed by atoms with van der Waals surface area (Å²) >= 11 is 0. The fourth-order valence-corrected chi connectivity index (χ4v) is 4.42. The van der Waals surface area contributed by atoms with Crippen LogP contribution in [0, 0.1) is 11.3 Å². The highest BCUT2D eigenvalue weighted by molar-refractivity contribution is 5.94. The predicted octanol–water partition coefficient (Wildman–Crippen LogP) is 3.85. The molecule has 144 valence electrons. The maximum absolute atomic E-state index is 12.9. The number of amides is 1. The van der Waals surface area contributed by atoms with Crippen LogP contribution in [-0.4, -0.2) is 43.2 Å². The van der Waals surface area contributed by atoms with E-state index in [0.717, 1.165) is 44.8 Å². The van der Waals surface area contributed by atoms with E-state index in [1.54, 1.807) is 0 Å². The number of morpholine rings is 1. The normalized spacial score (nSPS) is 25.0. The van der Waals surface area contributed by atoms with E-state index in [9.17, 15) is 4.79 Å². The molecule has 4 nitrogen and oxygen atoms in total. The highest BCUT2D eigenvalue weighted by Crippen LogP contribution is 2.38. The van der Waals surface area contributed by atoms with E-state index < -0.39 is 0 Å². The molecule has 0 radical (unpaired) electrons. The molecule has 0 aromatic heterocycles. The van der Waals surface area contributed by atoms with E-state index >= 15 is 0 Å². The van der Waals surface area contributed by atoms with E-state index in [-0.39, 0.29) is 11.3 Å². The third kappa shape index (κ3) is 5.08. The number of carbonyl (C=O) groups is 1. The molecule has 1 aromatic rings. The topological polar surface area (TPSA) is 41.6 Å². The second-order valence-corrected chi connectivity index (χ2v) is 8.93. The van der Waals surface area contributed by atoms with Crippen molar-refractivity contribution >= 4 is 5.91 Å². The minimum atomic E-state index is 0.0787. The fraction of sp³-hybridized carbons (Fsp3) is 0.682. The van der Waals surface area contributed by atoms with Crippen LogP contribution in [0.3, 0.4) is 0 Å². The number of hydrogen-bond acceptors (Lipinski definition) is 3. The lowest BCUT2D eigenvalue weighted by atomic mass is 9.69. The van der Waals surface area contributed by atoms with Crippen LogP contribution in [-0.2, 0) is 11.3 Å². The third-order valence-corrected chi connectivity index (χ3v) is 5.89. The Hall–Kier alpha value is -1.39. The SMILES string of the molecule is CC(C)(C)C1CCCCC1NC(=O)c1cccc(CN2CCOCC2)c1. The standard InChI is InChI=1S/C22H34N2O2/c1-22(2,3)19-9-4-5-10-20(19)23-21(25)18-8-6-7-17(15-18)16-24-11-13-26-14-12-24/h6-8,15,19-20H,4-5,9-14,16H2,1-3H3,(H,23,25). The van der Waals surface area contributed by atoms with Gasteiger partial charge in [-0.2, -0.15) is 0 Å². The number of nitrogens with zero attached hydrogens (tertiary/aromatic N) is 1. The van der Waals surface area contributed by atoms with Crippen LogP contribution in [0.5, 0.6) is 0 Å². The van der Waals surface area contributed by atoms with Crippen molar-refractivity contribution in [3.63, 3.8) is 0 Å². The van der Waals surface area contributed by atoms with E-state index in [1.807, 2.05) is 12.1 Å². The zero-order valence-electron chi connectivity index (χ0n) is 16.6. The highest BCUT2D eigenvalue weighted by Gasteiger charge is 2.35. The van der Waals surface area contributed by atoms with Crippen molar-refractivity contribution in [1.82, 2.24) is 10.2 Å². The lowest BCUT2D eigenvalue weighted by Gasteiger charge is -2.40. The molecule has 1 amide bonds. The van der Waals surface area contributed by atoms with E-state index in [2.05, 4.69) is 43.1 Å². The second-order valence-electron chi connectivity index (χ2n) is 8.93. The Bertz CT molecular complexity index is 602. The largest absolute Gasteiger partial charge is 0.379 e. The molecule has 1 aromatic carbocycles. The molecule has 1 aliphatic carbocycles. The van der Waals surface area contributed by atoms with Gasteiger partial charge in [-0.3, -0.25) is 9.69 Å². The zero-order valence-corrected chi connectivity index (χ0v) is 16.6. The molecular weight excluding hydrogens is 324 g/mol. The van der Waals surface area contributed by atoms with Crippen molar-refractivity contribution < 1.29 is 9.53 Å². The number of carbonyl (C=O) groups excluding carboxylic acids is 1. The van der Waals surface area contributed by atoms with E-state index in [1.165, 1.54) is 24.8 Å². The Balaban J connectivity index is 1.64. The first-order valence-electron chi connectivity index (χ1n) is 10.1. The maximum atomic E-state index is 12.9. The van der Waals surface area contributed by atoms with Crippen LogP contribution >= 0.6 is 0 Å². The number of benzene rings is 1. The molecule has 2 atom stereocenters. The molecular formula is C22H34N2O2. The summed E-state index contributed by atoms with van der Waals surface area (Å²) in [6, 6.07) is 8.41. The molecule has 3 rings (SSSR count). The minimum absolute atomic E-state index is 0.0787. The number of hydrogen-bond donors (Lipinski definition) is 1. The molecule has 1 N–H and O–H groups in total. The van der Waals surface area contributed by atoms with Gasteiger partial charge < -0.3 is 10.1 Å². The van der Waals surface area contributed by atoms with E-state index in [0.29, 0.717) is 12.0 Å². The molecule has 2 fully saturated rings. The van der Waals surface area contributed by atoms with Crippen molar-refractivity contribution in [2.45, 2.75) is 59.0 Å². The quantitative estimate of drug-likeness (QED) is 0.889. The third-order valence-electron chi connectivity index (χ3n) is 5.89. The van der Waals surface area contributed by atoms with Crippen LogP contribution in [0.1, 0.15) is 62.4 Å². The molecule has 1 aliphatic heterocycles. The van der Waals surface area contributed by atoms with E-state index in [4.69, 9.17) is 4.74 Å². The molecule has 1 saturated heterocycles. The van der Waals surface area contributed by atoms with Gasteiger partial charge in [0.05, 0.1) is 13.2 Å². The van der Waals surface area contributed by atoms with Gasteiger partial charge in [0.25, 0.3) is 5.91 Å². The van der Waals surface area contributed by atoms with Crippen LogP contribution in [0.4, 0.5) is 0 Å². The second kappa shape index (κ2) is 8.53. The first-order chi connectivity index (χ1) is 12.4. The molecule has 2 aliphatic rings. The molecule has 2 unspecified atom stereocenters. The zero-order chi connectivity index (χ0) is 18.6. The van der Waals surface area contributed by atoms with Crippen molar-refractivity contribution in [2.24, 2.45) is 11.3 Å². The van der Waals surface area contributed by atoms with Crippen molar-refractivity contribution in [2.75, 3.05) is 26.3 Å². The van der Waals surface area contributed by atoms with Crippen LogP contribution in [0.2, 0.25) is 0 Å². The summed E-state index contributed by atoms with van der Waals surface area (Å²) < 4.78 is 5.42. The summed E-state index contributed by atoms with van der Waals surface area (Å²) in [5.74, 6) is 0.631. The Kier molecular flexibility index (Phi) is 6.36. The highest BCUT2D eigenvalue weighted by atomic mass is 16.5. The minimum Gasteiger partial charge on any atom is -0.379 e. The first kappa shape index (κ1) is 19.4. The molecule has 1 saturated carbocycles. The van der Waals surface area contributed by atoms with Gasteiger partial charge in [0.2, 0.25) is 0 Å². The summed E-state index contributed by atoms with van der Waals surface area (Å²) in [7, 11) is 0. The Morgan fingerprint density at radius 1 is 1.19 bits per heavy atom. The van der Waals surface area contributed by atoms with Gasteiger partial charge in [-0.05, 0) is 41.9 Å². The van der Waals surface area contributed by atoms with Gasteiger partial charge in [0.15, 0.2) is 0 Å². The molecule has 26 heavy (non-hydrogen) atoms. The number of ether oxygens (including phenoxy) is 1. The summed E-state index contributed by atoms with van der Waals surface area (Å²) in [4.78, 5) is 15.3. The fourth-order valence-electron chi connectivity index (χ4n) is 4.42. The molecule has 0 bridgehead atoms. The summed E-state index contributed by atoms with van der Waals surface area (Å²) in [6.45, 7) is 11.3. The first-order valence-corrected chi connectivity index (χ1v) is 10.1. The lowest BCUT2D eigenvalue weighted by Crippen LogP contribution is -2.46. The van der Waals surface area contributed by atoms with Crippen molar-refractivity contribution in [1.29, 1.82) is 0 Å². The van der Waals surface area contributed by atoms with Crippen LogP contribution in [0.15, 0.2) is 24.3 Å². The Morgan fingerprint density at radius 2 is 1.92 bits per heavy atom. The molecule has 1 heterocycles. The summed E-state index contributed by atoms with van der Waals surface area (Å²) in [5, 5.41) is 3.35. The summed E-state index contributed by atoms with van der Waals surface area (Å²) in [6.07, 6.45) is 4.81. The number of rotatable bonds is 4. The smallest absolute Gasteiger partial charge is 0.251 e. The van der Waals surface area contributed by atoms with Crippen molar-refractivity contribution in [3.8, 4) is 0 Å². The van der Waals surface area contributed by atoms with Crippen molar-refractivity contribution in [3.05, 3.63) is 35.4 Å². The average molecular weight is 359 g/mol. The van der Waals surface area contributed by atoms with Gasteiger partial charge in [0, 0.05) is 31.2 Å². The maximum Gasteiger partial charge on any atom is 0.251 e. The lowest BCUT2D eigenvalue weighted by molar-refractivity contribution is 0.0341. The monoisotopic (exact) mass is 358 g/mol. The van der Waals surface area contributed by atoms with Gasteiger partial charge in [-0.15, -0.1) is 0 Å². The van der Waals surface area contributed by atoms with Gasteiger partial charge in [-0.1, -0.05) is 45.7 Å². The van der Waals surface area contributed by atoms with Gasteiger partial charge in [-0.25, -0.2) is 0 Å². The molecule has 4 heteroatoms.